The molecule has 1 rings (SSSR count). The van der Waals surface area contributed by atoms with E-state index in [1.165, 1.54) is 12.1 Å². The molecular formula is C13H15N3O3. The number of amides is 1. The number of aliphatic carboxylic acids is 1. The van der Waals surface area contributed by atoms with E-state index in [0.29, 0.717) is 17.7 Å². The van der Waals surface area contributed by atoms with Crippen LogP contribution in [-0.4, -0.2) is 28.5 Å². The van der Waals surface area contributed by atoms with Gasteiger partial charge < -0.3 is 10.4 Å². The van der Waals surface area contributed by atoms with Gasteiger partial charge in [-0.05, 0) is 25.5 Å². The molecule has 0 aliphatic rings. The molecule has 100 valence electrons. The molecule has 19 heavy (non-hydrogen) atoms. The Balaban J connectivity index is 2.72. The molecule has 1 unspecified atom stereocenters. The largest absolute Gasteiger partial charge is 0.481 e. The monoisotopic (exact) mass is 261 g/mol. The molecule has 1 aromatic rings. The number of rotatable bonds is 5. The summed E-state index contributed by atoms with van der Waals surface area (Å²) in [5.74, 6) is -1.98. The second kappa shape index (κ2) is 6.50. The van der Waals surface area contributed by atoms with Crippen LogP contribution in [0.3, 0.4) is 0 Å². The fourth-order valence-electron chi connectivity index (χ4n) is 1.52. The average molecular weight is 261 g/mol. The van der Waals surface area contributed by atoms with Crippen LogP contribution in [0, 0.1) is 24.2 Å². The van der Waals surface area contributed by atoms with Crippen LogP contribution in [0.15, 0.2) is 12.1 Å². The normalized spacial score (nSPS) is 11.4. The molecule has 0 saturated carbocycles. The van der Waals surface area contributed by atoms with E-state index >= 15 is 0 Å². The van der Waals surface area contributed by atoms with E-state index in [1.807, 2.05) is 6.07 Å². The number of carbonyl (C=O) groups is 2. The lowest BCUT2D eigenvalue weighted by Crippen LogP contribution is -2.33. The van der Waals surface area contributed by atoms with Crippen molar-refractivity contribution in [2.24, 2.45) is 5.92 Å². The van der Waals surface area contributed by atoms with E-state index in [-0.39, 0.29) is 12.2 Å². The SMILES string of the molecule is CCC(CNC(=O)c1ccc(C#N)c(C)n1)C(=O)O. The minimum absolute atomic E-state index is 0.0609. The number of carboxylic acid groups (broad SMARTS) is 1. The third-order valence-corrected chi connectivity index (χ3v) is 2.79. The zero-order valence-corrected chi connectivity index (χ0v) is 10.8. The predicted octanol–water partition coefficient (Wildman–Crippen LogP) is 1.10. The quantitative estimate of drug-likeness (QED) is 0.826. The molecule has 1 aromatic heterocycles. The number of nitrogens with zero attached hydrogens (tertiary/aromatic N) is 2. The lowest BCUT2D eigenvalue weighted by Gasteiger charge is -2.11. The van der Waals surface area contributed by atoms with E-state index in [2.05, 4.69) is 10.3 Å². The maximum absolute atomic E-state index is 11.8. The smallest absolute Gasteiger partial charge is 0.308 e. The van der Waals surface area contributed by atoms with Crippen molar-refractivity contribution in [2.75, 3.05) is 6.54 Å². The summed E-state index contributed by atoms with van der Waals surface area (Å²) in [4.78, 5) is 26.6. The molecule has 1 amide bonds. The highest BCUT2D eigenvalue weighted by Crippen LogP contribution is 2.06. The molecule has 0 aliphatic carbocycles. The highest BCUT2D eigenvalue weighted by Gasteiger charge is 2.17. The van der Waals surface area contributed by atoms with Crippen molar-refractivity contribution < 1.29 is 14.7 Å². The molecule has 2 N–H and O–H groups in total. The van der Waals surface area contributed by atoms with Crippen molar-refractivity contribution in [3.63, 3.8) is 0 Å². The van der Waals surface area contributed by atoms with Crippen molar-refractivity contribution in [3.05, 3.63) is 29.1 Å². The maximum atomic E-state index is 11.8. The van der Waals surface area contributed by atoms with Gasteiger partial charge in [0.05, 0.1) is 17.2 Å². The van der Waals surface area contributed by atoms with Gasteiger partial charge in [-0.1, -0.05) is 6.92 Å². The minimum atomic E-state index is -0.938. The fourth-order valence-corrected chi connectivity index (χ4v) is 1.52. The lowest BCUT2D eigenvalue weighted by molar-refractivity contribution is -0.141. The van der Waals surface area contributed by atoms with E-state index in [1.54, 1.807) is 13.8 Å². The summed E-state index contributed by atoms with van der Waals surface area (Å²) in [5, 5.41) is 20.2. The highest BCUT2D eigenvalue weighted by atomic mass is 16.4. The van der Waals surface area contributed by atoms with Gasteiger partial charge in [-0.15, -0.1) is 0 Å². The Morgan fingerprint density at radius 2 is 2.21 bits per heavy atom. The number of nitrogens with one attached hydrogen (secondary N) is 1. The lowest BCUT2D eigenvalue weighted by atomic mass is 10.1. The Kier molecular flexibility index (Phi) is 5.01. The maximum Gasteiger partial charge on any atom is 0.308 e. The Hall–Kier alpha value is -2.42. The topological polar surface area (TPSA) is 103 Å². The summed E-state index contributed by atoms with van der Waals surface area (Å²) >= 11 is 0. The summed E-state index contributed by atoms with van der Waals surface area (Å²) in [6.45, 7) is 3.45. The van der Waals surface area contributed by atoms with E-state index in [4.69, 9.17) is 10.4 Å². The Bertz CT molecular complexity index is 534. The van der Waals surface area contributed by atoms with Crippen LogP contribution >= 0.6 is 0 Å². The first-order valence-corrected chi connectivity index (χ1v) is 5.88. The van der Waals surface area contributed by atoms with E-state index in [0.717, 1.165) is 0 Å². The Labute approximate surface area is 111 Å². The zero-order valence-electron chi connectivity index (χ0n) is 10.8. The molecule has 0 radical (unpaired) electrons. The van der Waals surface area contributed by atoms with Crippen molar-refractivity contribution in [1.29, 1.82) is 5.26 Å². The molecule has 6 nitrogen and oxygen atoms in total. The molecular weight excluding hydrogens is 246 g/mol. The van der Waals surface area contributed by atoms with Gasteiger partial charge >= 0.3 is 5.97 Å². The number of pyridine rings is 1. The molecule has 0 saturated heterocycles. The van der Waals surface area contributed by atoms with Gasteiger partial charge in [-0.25, -0.2) is 4.98 Å². The van der Waals surface area contributed by atoms with Crippen LogP contribution in [0.2, 0.25) is 0 Å². The predicted molar refractivity (Wildman–Crippen MR) is 67.4 cm³/mol. The number of carbonyl (C=O) groups excluding carboxylic acids is 1. The second-order valence-corrected chi connectivity index (χ2v) is 4.09. The van der Waals surface area contributed by atoms with Crippen LogP contribution in [0.25, 0.3) is 0 Å². The molecule has 0 spiro atoms. The summed E-state index contributed by atoms with van der Waals surface area (Å²) in [6.07, 6.45) is 0.440. The van der Waals surface area contributed by atoms with Crippen LogP contribution in [-0.2, 0) is 4.79 Å². The summed E-state index contributed by atoms with van der Waals surface area (Å²) in [7, 11) is 0. The first kappa shape index (κ1) is 14.6. The summed E-state index contributed by atoms with van der Waals surface area (Å²) in [5.41, 5.74) is 1.06. The van der Waals surface area contributed by atoms with Crippen LogP contribution in [0.5, 0.6) is 0 Å². The van der Waals surface area contributed by atoms with E-state index in [9.17, 15) is 9.59 Å². The first-order chi connectivity index (χ1) is 8.99. The fraction of sp³-hybridized carbons (Fsp3) is 0.385. The average Bonchev–Trinajstić information content (AvgIpc) is 2.38. The highest BCUT2D eigenvalue weighted by molar-refractivity contribution is 5.92. The standard InChI is InChI=1S/C13H15N3O3/c1-3-9(13(18)19)7-15-12(17)11-5-4-10(6-14)8(2)16-11/h4-5,9H,3,7H2,1-2H3,(H,15,17)(H,18,19). The van der Waals surface area contributed by atoms with Crippen molar-refractivity contribution in [3.8, 4) is 6.07 Å². The Morgan fingerprint density at radius 3 is 2.68 bits per heavy atom. The van der Waals surface area contributed by atoms with Gasteiger partial charge in [0.25, 0.3) is 5.91 Å². The van der Waals surface area contributed by atoms with Crippen molar-refractivity contribution in [2.45, 2.75) is 20.3 Å². The van der Waals surface area contributed by atoms with Gasteiger partial charge in [0.1, 0.15) is 11.8 Å². The minimum Gasteiger partial charge on any atom is -0.481 e. The molecule has 0 aliphatic heterocycles. The number of hydrogen-bond donors (Lipinski definition) is 2. The number of aromatic nitrogens is 1. The number of nitriles is 1. The summed E-state index contributed by atoms with van der Waals surface area (Å²) < 4.78 is 0. The van der Waals surface area contributed by atoms with Gasteiger partial charge in [-0.2, -0.15) is 5.26 Å². The molecule has 1 heterocycles. The van der Waals surface area contributed by atoms with E-state index < -0.39 is 17.8 Å². The molecule has 0 aromatic carbocycles. The number of aryl methyl sites for hydroxylation is 1. The van der Waals surface area contributed by atoms with Crippen molar-refractivity contribution >= 4 is 11.9 Å². The van der Waals surface area contributed by atoms with Crippen molar-refractivity contribution in [1.82, 2.24) is 10.3 Å². The van der Waals surface area contributed by atoms with Gasteiger partial charge in [0.2, 0.25) is 0 Å². The molecule has 1 atom stereocenters. The molecule has 0 fully saturated rings. The Morgan fingerprint density at radius 1 is 1.53 bits per heavy atom. The molecule has 6 heteroatoms. The van der Waals surface area contributed by atoms with Gasteiger partial charge in [-0.3, -0.25) is 9.59 Å². The number of carboxylic acids is 1. The summed E-state index contributed by atoms with van der Waals surface area (Å²) in [6, 6.07) is 4.93. The third-order valence-electron chi connectivity index (χ3n) is 2.79. The third kappa shape index (κ3) is 3.78. The zero-order chi connectivity index (χ0) is 14.4. The van der Waals surface area contributed by atoms with Crippen LogP contribution in [0.4, 0.5) is 0 Å². The van der Waals surface area contributed by atoms with Gasteiger partial charge in [0.15, 0.2) is 0 Å². The molecule has 0 bridgehead atoms. The number of hydrogen-bond acceptors (Lipinski definition) is 4. The second-order valence-electron chi connectivity index (χ2n) is 4.09. The van der Waals surface area contributed by atoms with Crippen LogP contribution in [0.1, 0.15) is 35.1 Å². The van der Waals surface area contributed by atoms with Gasteiger partial charge in [0, 0.05) is 6.54 Å². The van der Waals surface area contributed by atoms with Crippen LogP contribution < -0.4 is 5.32 Å². The first-order valence-electron chi connectivity index (χ1n) is 5.88.